The lowest BCUT2D eigenvalue weighted by Gasteiger charge is -2.30. The molecule has 1 aromatic carbocycles. The van der Waals surface area contributed by atoms with Crippen LogP contribution in [0, 0.1) is 0 Å². The fraction of sp³-hybridized carbons (Fsp3) is 0.462. The lowest BCUT2D eigenvalue weighted by Crippen LogP contribution is -2.28. The molecule has 0 amide bonds. The Hall–Kier alpha value is -0.630. The van der Waals surface area contributed by atoms with Gasteiger partial charge in [0.2, 0.25) is 0 Å². The summed E-state index contributed by atoms with van der Waals surface area (Å²) in [6.07, 6.45) is 2.28. The zero-order valence-electron chi connectivity index (χ0n) is 9.10. The van der Waals surface area contributed by atoms with Gasteiger partial charge in [0.15, 0.2) is 0 Å². The highest BCUT2D eigenvalue weighted by Crippen LogP contribution is 2.40. The van der Waals surface area contributed by atoms with E-state index in [1.807, 2.05) is 0 Å². The average molecular weight is 264 g/mol. The van der Waals surface area contributed by atoms with E-state index >= 15 is 0 Å². The van der Waals surface area contributed by atoms with Crippen LogP contribution in [0.4, 0.5) is 0 Å². The van der Waals surface area contributed by atoms with E-state index in [2.05, 4.69) is 41.9 Å². The third-order valence-electron chi connectivity index (χ3n) is 3.55. The highest BCUT2D eigenvalue weighted by atomic mass is 79.9. The SMILES string of the molecule is CC1(C)CN=C2CCc3c(Br)ccc1c32. The van der Waals surface area contributed by atoms with Crippen molar-refractivity contribution in [1.29, 1.82) is 0 Å². The van der Waals surface area contributed by atoms with Gasteiger partial charge in [-0.15, -0.1) is 0 Å². The second kappa shape index (κ2) is 2.94. The summed E-state index contributed by atoms with van der Waals surface area (Å²) in [5, 5.41) is 0. The zero-order valence-corrected chi connectivity index (χ0v) is 10.7. The van der Waals surface area contributed by atoms with Crippen molar-refractivity contribution in [3.8, 4) is 0 Å². The van der Waals surface area contributed by atoms with Gasteiger partial charge < -0.3 is 0 Å². The Morgan fingerprint density at radius 2 is 2.07 bits per heavy atom. The van der Waals surface area contributed by atoms with Crippen molar-refractivity contribution in [2.75, 3.05) is 6.54 Å². The number of halogens is 1. The minimum absolute atomic E-state index is 0.207. The van der Waals surface area contributed by atoms with Crippen LogP contribution >= 0.6 is 15.9 Å². The largest absolute Gasteiger partial charge is 0.288 e. The Balaban J connectivity index is 2.35. The molecule has 3 rings (SSSR count). The standard InChI is InChI=1S/C13H14BrN/c1-13(2)7-15-11-6-3-8-10(14)5-4-9(13)12(8)11/h4-5H,3,6-7H2,1-2H3. The summed E-state index contributed by atoms with van der Waals surface area (Å²) in [4.78, 5) is 4.73. The van der Waals surface area contributed by atoms with E-state index in [1.54, 1.807) is 0 Å². The summed E-state index contributed by atoms with van der Waals surface area (Å²) < 4.78 is 1.25. The molecule has 1 aliphatic heterocycles. The summed E-state index contributed by atoms with van der Waals surface area (Å²) in [6.45, 7) is 5.51. The molecule has 1 aromatic rings. The number of benzene rings is 1. The summed E-state index contributed by atoms with van der Waals surface area (Å²) >= 11 is 3.64. The monoisotopic (exact) mass is 263 g/mol. The zero-order chi connectivity index (χ0) is 10.6. The van der Waals surface area contributed by atoms with Gasteiger partial charge in [0.25, 0.3) is 0 Å². The molecule has 2 aliphatic rings. The van der Waals surface area contributed by atoms with Gasteiger partial charge in [0.05, 0.1) is 0 Å². The van der Waals surface area contributed by atoms with Gasteiger partial charge in [-0.05, 0) is 30.0 Å². The minimum Gasteiger partial charge on any atom is -0.288 e. The van der Waals surface area contributed by atoms with Crippen molar-refractivity contribution >= 4 is 21.6 Å². The highest BCUT2D eigenvalue weighted by Gasteiger charge is 2.34. The first-order chi connectivity index (χ1) is 7.09. The summed E-state index contributed by atoms with van der Waals surface area (Å²) in [7, 11) is 0. The smallest absolute Gasteiger partial charge is 0.0484 e. The van der Waals surface area contributed by atoms with Gasteiger partial charge in [0.1, 0.15) is 0 Å². The summed E-state index contributed by atoms with van der Waals surface area (Å²) in [5.74, 6) is 0. The lowest BCUT2D eigenvalue weighted by atomic mass is 9.78. The molecule has 1 heterocycles. The second-order valence-electron chi connectivity index (χ2n) is 5.10. The molecule has 0 unspecified atom stereocenters. The summed E-state index contributed by atoms with van der Waals surface area (Å²) in [6, 6.07) is 4.47. The van der Waals surface area contributed by atoms with E-state index in [0.717, 1.165) is 19.4 Å². The Labute approximate surface area is 98.7 Å². The first kappa shape index (κ1) is 9.59. The highest BCUT2D eigenvalue weighted by molar-refractivity contribution is 9.10. The normalized spacial score (nSPS) is 21.1. The van der Waals surface area contributed by atoms with E-state index in [4.69, 9.17) is 4.99 Å². The van der Waals surface area contributed by atoms with Crippen LogP contribution in [0.25, 0.3) is 0 Å². The first-order valence-electron chi connectivity index (χ1n) is 5.45. The predicted molar refractivity (Wildman–Crippen MR) is 66.9 cm³/mol. The fourth-order valence-corrected chi connectivity index (χ4v) is 3.19. The topological polar surface area (TPSA) is 12.4 Å². The number of rotatable bonds is 0. The lowest BCUT2D eigenvalue weighted by molar-refractivity contribution is 0.532. The van der Waals surface area contributed by atoms with Gasteiger partial charge in [-0.1, -0.05) is 35.8 Å². The van der Waals surface area contributed by atoms with Crippen LogP contribution in [0.15, 0.2) is 21.6 Å². The minimum atomic E-state index is 0.207. The van der Waals surface area contributed by atoms with Crippen LogP contribution in [0.1, 0.15) is 37.0 Å². The van der Waals surface area contributed by atoms with Gasteiger partial charge >= 0.3 is 0 Å². The maximum atomic E-state index is 4.73. The maximum Gasteiger partial charge on any atom is 0.0484 e. The Bertz CT molecular complexity index is 472. The van der Waals surface area contributed by atoms with Crippen LogP contribution in [0.2, 0.25) is 0 Å². The maximum absolute atomic E-state index is 4.73. The van der Waals surface area contributed by atoms with Gasteiger partial charge in [-0.3, -0.25) is 4.99 Å². The number of aliphatic imine (C=N–C) groups is 1. The molecule has 78 valence electrons. The Morgan fingerprint density at radius 1 is 1.27 bits per heavy atom. The Kier molecular flexibility index (Phi) is 1.88. The molecular formula is C13H14BrN. The first-order valence-corrected chi connectivity index (χ1v) is 6.24. The van der Waals surface area contributed by atoms with Gasteiger partial charge in [-0.2, -0.15) is 0 Å². The van der Waals surface area contributed by atoms with Crippen LogP contribution in [0.3, 0.4) is 0 Å². The average Bonchev–Trinajstić information content (AvgIpc) is 2.59. The van der Waals surface area contributed by atoms with E-state index in [1.165, 1.54) is 26.9 Å². The summed E-state index contributed by atoms with van der Waals surface area (Å²) in [5.41, 5.74) is 5.95. The second-order valence-corrected chi connectivity index (χ2v) is 5.95. The molecule has 0 radical (unpaired) electrons. The van der Waals surface area contributed by atoms with Gasteiger partial charge in [-0.25, -0.2) is 0 Å². The van der Waals surface area contributed by atoms with Crippen molar-refractivity contribution in [1.82, 2.24) is 0 Å². The number of nitrogens with zero attached hydrogens (tertiary/aromatic N) is 1. The Morgan fingerprint density at radius 3 is 2.87 bits per heavy atom. The van der Waals surface area contributed by atoms with Gasteiger partial charge in [0, 0.05) is 27.7 Å². The van der Waals surface area contributed by atoms with Crippen LogP contribution in [0.5, 0.6) is 0 Å². The van der Waals surface area contributed by atoms with E-state index in [0.29, 0.717) is 0 Å². The molecule has 0 saturated carbocycles. The predicted octanol–water partition coefficient (Wildman–Crippen LogP) is 3.48. The fourth-order valence-electron chi connectivity index (χ4n) is 2.67. The molecule has 0 aromatic heterocycles. The molecule has 1 aliphatic carbocycles. The number of hydrogen-bond acceptors (Lipinski definition) is 1. The molecule has 0 spiro atoms. The molecule has 0 saturated heterocycles. The van der Waals surface area contributed by atoms with Crippen molar-refractivity contribution in [3.05, 3.63) is 33.3 Å². The quantitative estimate of drug-likeness (QED) is 0.680. The molecular weight excluding hydrogens is 250 g/mol. The van der Waals surface area contributed by atoms with Crippen molar-refractivity contribution in [2.24, 2.45) is 4.99 Å². The molecule has 0 bridgehead atoms. The molecule has 2 heteroatoms. The van der Waals surface area contributed by atoms with Crippen LogP contribution < -0.4 is 0 Å². The molecule has 1 nitrogen and oxygen atoms in total. The van der Waals surface area contributed by atoms with Crippen LogP contribution in [-0.2, 0) is 11.8 Å². The van der Waals surface area contributed by atoms with Crippen molar-refractivity contribution < 1.29 is 0 Å². The molecule has 0 atom stereocenters. The van der Waals surface area contributed by atoms with Crippen molar-refractivity contribution in [3.63, 3.8) is 0 Å². The molecule has 0 N–H and O–H groups in total. The van der Waals surface area contributed by atoms with E-state index in [9.17, 15) is 0 Å². The number of hydrogen-bond donors (Lipinski definition) is 0. The third-order valence-corrected chi connectivity index (χ3v) is 4.29. The van der Waals surface area contributed by atoms with E-state index in [-0.39, 0.29) is 5.41 Å². The molecule has 15 heavy (non-hydrogen) atoms. The third kappa shape index (κ3) is 1.24. The van der Waals surface area contributed by atoms with Crippen LogP contribution in [-0.4, -0.2) is 12.3 Å². The van der Waals surface area contributed by atoms with Crippen molar-refractivity contribution in [2.45, 2.75) is 32.1 Å². The van der Waals surface area contributed by atoms with E-state index < -0.39 is 0 Å². The molecule has 0 fully saturated rings.